The van der Waals surface area contributed by atoms with Crippen LogP contribution >= 0.6 is 0 Å². The zero-order valence-corrected chi connectivity index (χ0v) is 9.84. The minimum atomic E-state index is 0.0135. The molecule has 2 unspecified atom stereocenters. The standard InChI is InChI=1S/C14H16N2O/c1-2-3-9-15-16-14(17)13-10-12(13)11-7-5-4-6-8-11/h2-9,12-13H,10H2,1H3,(H,16,17). The first kappa shape index (κ1) is 11.6. The van der Waals surface area contributed by atoms with Gasteiger partial charge in [0.05, 0.1) is 0 Å². The first-order valence-corrected chi connectivity index (χ1v) is 5.82. The molecule has 1 aliphatic rings. The molecule has 1 aromatic carbocycles. The van der Waals surface area contributed by atoms with Gasteiger partial charge in [-0.2, -0.15) is 5.10 Å². The lowest BCUT2D eigenvalue weighted by atomic mass is 10.1. The van der Waals surface area contributed by atoms with Crippen molar-refractivity contribution < 1.29 is 4.79 Å². The summed E-state index contributed by atoms with van der Waals surface area (Å²) in [5.74, 6) is 0.466. The predicted molar refractivity (Wildman–Crippen MR) is 68.7 cm³/mol. The molecule has 0 aromatic heterocycles. The van der Waals surface area contributed by atoms with Crippen LogP contribution in [0.4, 0.5) is 0 Å². The Balaban J connectivity index is 1.84. The highest BCUT2D eigenvalue weighted by molar-refractivity contribution is 5.84. The fourth-order valence-corrected chi connectivity index (χ4v) is 1.87. The Bertz CT molecular complexity index is 437. The maximum absolute atomic E-state index is 11.7. The highest BCUT2D eigenvalue weighted by Crippen LogP contribution is 2.47. The number of nitrogens with one attached hydrogen (secondary N) is 1. The Kier molecular flexibility index (Phi) is 3.70. The van der Waals surface area contributed by atoms with Crippen LogP contribution in [0, 0.1) is 5.92 Å². The second-order valence-electron chi connectivity index (χ2n) is 4.14. The fourth-order valence-electron chi connectivity index (χ4n) is 1.87. The zero-order valence-electron chi connectivity index (χ0n) is 9.84. The molecule has 1 fully saturated rings. The molecule has 88 valence electrons. The molecular weight excluding hydrogens is 212 g/mol. The van der Waals surface area contributed by atoms with Gasteiger partial charge in [-0.1, -0.05) is 36.4 Å². The second-order valence-corrected chi connectivity index (χ2v) is 4.14. The highest BCUT2D eigenvalue weighted by atomic mass is 16.2. The van der Waals surface area contributed by atoms with E-state index in [2.05, 4.69) is 22.7 Å². The molecule has 1 amide bonds. The summed E-state index contributed by atoms with van der Waals surface area (Å²) in [6, 6.07) is 10.1. The molecule has 0 heterocycles. The first-order valence-electron chi connectivity index (χ1n) is 5.82. The number of hydrogen-bond acceptors (Lipinski definition) is 2. The summed E-state index contributed by atoms with van der Waals surface area (Å²) < 4.78 is 0. The van der Waals surface area contributed by atoms with Crippen molar-refractivity contribution in [3.63, 3.8) is 0 Å². The zero-order chi connectivity index (χ0) is 12.1. The summed E-state index contributed by atoms with van der Waals surface area (Å²) in [5.41, 5.74) is 3.80. The summed E-state index contributed by atoms with van der Waals surface area (Å²) in [6.07, 6.45) is 6.15. The van der Waals surface area contributed by atoms with Crippen molar-refractivity contribution in [2.24, 2.45) is 11.0 Å². The van der Waals surface area contributed by atoms with E-state index in [1.54, 1.807) is 12.3 Å². The van der Waals surface area contributed by atoms with E-state index in [0.29, 0.717) is 5.92 Å². The van der Waals surface area contributed by atoms with Crippen molar-refractivity contribution in [1.29, 1.82) is 0 Å². The van der Waals surface area contributed by atoms with Gasteiger partial charge in [0.2, 0.25) is 5.91 Å². The predicted octanol–water partition coefficient (Wildman–Crippen LogP) is 2.47. The number of allylic oxidation sites excluding steroid dienone is 2. The summed E-state index contributed by atoms with van der Waals surface area (Å²) in [7, 11) is 0. The second kappa shape index (κ2) is 5.43. The number of carbonyl (C=O) groups is 1. The highest BCUT2D eigenvalue weighted by Gasteiger charge is 2.43. The number of hydrogen-bond donors (Lipinski definition) is 1. The van der Waals surface area contributed by atoms with Gasteiger partial charge >= 0.3 is 0 Å². The van der Waals surface area contributed by atoms with Crippen LogP contribution in [0.15, 0.2) is 47.6 Å². The van der Waals surface area contributed by atoms with Crippen molar-refractivity contribution in [1.82, 2.24) is 5.43 Å². The smallest absolute Gasteiger partial charge is 0.243 e. The molecular formula is C14H16N2O. The van der Waals surface area contributed by atoms with Gasteiger partial charge in [0.1, 0.15) is 0 Å². The van der Waals surface area contributed by atoms with Gasteiger partial charge in [0, 0.05) is 12.1 Å². The number of nitrogens with zero attached hydrogens (tertiary/aromatic N) is 1. The first-order chi connectivity index (χ1) is 8.33. The molecule has 1 saturated carbocycles. The van der Waals surface area contributed by atoms with Crippen molar-refractivity contribution >= 4 is 12.1 Å². The number of amides is 1. The third-order valence-corrected chi connectivity index (χ3v) is 2.88. The quantitative estimate of drug-likeness (QED) is 0.624. The van der Waals surface area contributed by atoms with Gasteiger partial charge < -0.3 is 0 Å². The maximum atomic E-state index is 11.7. The average molecular weight is 228 g/mol. The molecule has 1 aromatic rings. The maximum Gasteiger partial charge on any atom is 0.243 e. The van der Waals surface area contributed by atoms with E-state index in [0.717, 1.165) is 6.42 Å². The topological polar surface area (TPSA) is 41.5 Å². The van der Waals surface area contributed by atoms with Crippen LogP contribution in [0.1, 0.15) is 24.8 Å². The lowest BCUT2D eigenvalue weighted by molar-refractivity contribution is -0.122. The van der Waals surface area contributed by atoms with E-state index >= 15 is 0 Å². The van der Waals surface area contributed by atoms with Crippen LogP contribution in [-0.4, -0.2) is 12.1 Å². The monoisotopic (exact) mass is 228 g/mol. The van der Waals surface area contributed by atoms with E-state index in [1.807, 2.05) is 31.2 Å². The van der Waals surface area contributed by atoms with E-state index in [-0.39, 0.29) is 11.8 Å². The van der Waals surface area contributed by atoms with Crippen LogP contribution < -0.4 is 5.43 Å². The normalized spacial score (nSPS) is 23.1. The molecule has 0 bridgehead atoms. The number of hydrazone groups is 1. The van der Waals surface area contributed by atoms with Gasteiger partial charge in [-0.25, -0.2) is 5.43 Å². The van der Waals surface area contributed by atoms with E-state index in [4.69, 9.17) is 0 Å². The van der Waals surface area contributed by atoms with E-state index < -0.39 is 0 Å². The van der Waals surface area contributed by atoms with Crippen LogP contribution in [0.25, 0.3) is 0 Å². The Morgan fingerprint density at radius 3 is 2.88 bits per heavy atom. The van der Waals surface area contributed by atoms with Crippen LogP contribution in [0.2, 0.25) is 0 Å². The molecule has 0 saturated heterocycles. The Morgan fingerprint density at radius 1 is 1.41 bits per heavy atom. The van der Waals surface area contributed by atoms with Gasteiger partial charge in [0.25, 0.3) is 0 Å². The van der Waals surface area contributed by atoms with Gasteiger partial charge in [0.15, 0.2) is 0 Å². The summed E-state index contributed by atoms with van der Waals surface area (Å²) in [4.78, 5) is 11.7. The minimum Gasteiger partial charge on any atom is -0.273 e. The molecule has 3 heteroatoms. The lowest BCUT2D eigenvalue weighted by Gasteiger charge is -1.99. The van der Waals surface area contributed by atoms with Crippen molar-refractivity contribution in [2.75, 3.05) is 0 Å². The molecule has 1 N–H and O–H groups in total. The molecule has 0 radical (unpaired) electrons. The SMILES string of the molecule is CC=CC=NNC(=O)C1CC1c1ccccc1. The molecule has 0 spiro atoms. The average Bonchev–Trinajstić information content (AvgIpc) is 3.16. The lowest BCUT2D eigenvalue weighted by Crippen LogP contribution is -2.19. The molecule has 2 atom stereocenters. The van der Waals surface area contributed by atoms with Crippen molar-refractivity contribution in [3.8, 4) is 0 Å². The Hall–Kier alpha value is -1.90. The Labute approximate surface area is 101 Å². The molecule has 0 aliphatic heterocycles. The van der Waals surface area contributed by atoms with Gasteiger partial charge in [-0.3, -0.25) is 4.79 Å². The third kappa shape index (κ3) is 3.03. The van der Waals surface area contributed by atoms with Crippen LogP contribution in [-0.2, 0) is 4.79 Å². The van der Waals surface area contributed by atoms with E-state index in [9.17, 15) is 4.79 Å². The molecule has 2 rings (SSSR count). The number of rotatable bonds is 4. The molecule has 3 nitrogen and oxygen atoms in total. The summed E-state index contributed by atoms with van der Waals surface area (Å²) >= 11 is 0. The van der Waals surface area contributed by atoms with Crippen LogP contribution in [0.5, 0.6) is 0 Å². The van der Waals surface area contributed by atoms with Crippen LogP contribution in [0.3, 0.4) is 0 Å². The van der Waals surface area contributed by atoms with Crippen molar-refractivity contribution in [2.45, 2.75) is 19.3 Å². The Morgan fingerprint density at radius 2 is 2.18 bits per heavy atom. The molecule has 17 heavy (non-hydrogen) atoms. The van der Waals surface area contributed by atoms with Gasteiger partial charge in [-0.05, 0) is 30.9 Å². The van der Waals surface area contributed by atoms with E-state index in [1.165, 1.54) is 5.56 Å². The van der Waals surface area contributed by atoms with Crippen molar-refractivity contribution in [3.05, 3.63) is 48.0 Å². The number of benzene rings is 1. The fraction of sp³-hybridized carbons (Fsp3) is 0.286. The minimum absolute atomic E-state index is 0.0135. The summed E-state index contributed by atoms with van der Waals surface area (Å²) in [5, 5.41) is 3.84. The number of carbonyl (C=O) groups excluding carboxylic acids is 1. The summed E-state index contributed by atoms with van der Waals surface area (Å²) in [6.45, 7) is 1.90. The third-order valence-electron chi connectivity index (χ3n) is 2.88. The molecule has 1 aliphatic carbocycles. The van der Waals surface area contributed by atoms with Gasteiger partial charge in [-0.15, -0.1) is 0 Å². The largest absolute Gasteiger partial charge is 0.273 e.